The van der Waals surface area contributed by atoms with Gasteiger partial charge in [0.15, 0.2) is 0 Å². The predicted molar refractivity (Wildman–Crippen MR) is 100 cm³/mol. The van der Waals surface area contributed by atoms with Crippen LogP contribution < -0.4 is 5.32 Å². The summed E-state index contributed by atoms with van der Waals surface area (Å²) in [5.74, 6) is 0.765. The normalized spacial score (nSPS) is 11.9. The summed E-state index contributed by atoms with van der Waals surface area (Å²) in [5, 5.41) is 11.1. The molecular formula is C19H19BrN4O. The first-order valence-corrected chi connectivity index (χ1v) is 8.92. The first-order chi connectivity index (χ1) is 12.1. The van der Waals surface area contributed by atoms with Crippen LogP contribution in [-0.2, 0) is 11.2 Å². The summed E-state index contributed by atoms with van der Waals surface area (Å²) in [7, 11) is 0. The van der Waals surface area contributed by atoms with E-state index in [9.17, 15) is 4.79 Å². The number of aromatic nitrogens is 3. The third kappa shape index (κ3) is 4.33. The van der Waals surface area contributed by atoms with Gasteiger partial charge in [0.05, 0.1) is 6.04 Å². The molecule has 0 spiro atoms. The van der Waals surface area contributed by atoms with Crippen LogP contribution in [0.3, 0.4) is 0 Å². The van der Waals surface area contributed by atoms with Gasteiger partial charge >= 0.3 is 0 Å². The number of benzene rings is 2. The number of carbonyl (C=O) groups excluding carboxylic acids is 1. The number of nitrogens with zero attached hydrogens (tertiary/aromatic N) is 3. The maximum absolute atomic E-state index is 12.3. The van der Waals surface area contributed by atoms with Gasteiger partial charge in [-0.15, -0.1) is 10.2 Å². The van der Waals surface area contributed by atoms with E-state index in [0.717, 1.165) is 21.5 Å². The van der Waals surface area contributed by atoms with E-state index in [0.29, 0.717) is 12.8 Å². The number of nitrogens with one attached hydrogen (secondary N) is 1. The lowest BCUT2D eigenvalue weighted by Gasteiger charge is -2.16. The van der Waals surface area contributed by atoms with Gasteiger partial charge in [0.1, 0.15) is 12.2 Å². The van der Waals surface area contributed by atoms with Crippen LogP contribution in [0.2, 0.25) is 0 Å². The van der Waals surface area contributed by atoms with Crippen LogP contribution in [0, 0.1) is 0 Å². The number of amides is 1. The van der Waals surface area contributed by atoms with E-state index in [1.807, 2.05) is 66.1 Å². The predicted octanol–water partition coefficient (Wildman–Crippen LogP) is 3.84. The summed E-state index contributed by atoms with van der Waals surface area (Å²) in [4.78, 5) is 12.3. The summed E-state index contributed by atoms with van der Waals surface area (Å²) >= 11 is 3.52. The molecule has 0 radical (unpaired) electrons. The first kappa shape index (κ1) is 17.4. The van der Waals surface area contributed by atoms with Gasteiger partial charge in [0.2, 0.25) is 5.91 Å². The highest BCUT2D eigenvalue weighted by atomic mass is 79.9. The quantitative estimate of drug-likeness (QED) is 0.685. The lowest BCUT2D eigenvalue weighted by Crippen LogP contribution is -2.27. The van der Waals surface area contributed by atoms with Crippen LogP contribution in [0.1, 0.15) is 30.8 Å². The molecule has 2 aromatic carbocycles. The summed E-state index contributed by atoms with van der Waals surface area (Å²) in [6.07, 6.45) is 2.57. The topological polar surface area (TPSA) is 59.8 Å². The fourth-order valence-corrected chi connectivity index (χ4v) is 3.30. The Bertz CT molecular complexity index is 847. The van der Waals surface area contributed by atoms with Crippen LogP contribution in [0.4, 0.5) is 0 Å². The molecule has 1 unspecified atom stereocenters. The van der Waals surface area contributed by atoms with Crippen molar-refractivity contribution in [2.24, 2.45) is 0 Å². The SMILES string of the molecule is CC(NC(=O)CCc1nncn1-c1ccccc1)c1ccccc1Br. The maximum Gasteiger partial charge on any atom is 0.220 e. The average molecular weight is 399 g/mol. The highest BCUT2D eigenvalue weighted by Gasteiger charge is 2.13. The van der Waals surface area contributed by atoms with Crippen molar-refractivity contribution in [2.45, 2.75) is 25.8 Å². The Morgan fingerprint density at radius 1 is 1.16 bits per heavy atom. The van der Waals surface area contributed by atoms with Gasteiger partial charge < -0.3 is 5.32 Å². The number of rotatable bonds is 6. The molecule has 0 aliphatic rings. The molecule has 1 aromatic heterocycles. The number of hydrogen-bond acceptors (Lipinski definition) is 3. The van der Waals surface area contributed by atoms with Crippen LogP contribution >= 0.6 is 15.9 Å². The molecule has 5 nitrogen and oxygen atoms in total. The Hall–Kier alpha value is -2.47. The van der Waals surface area contributed by atoms with Gasteiger partial charge in [0, 0.05) is 23.0 Å². The standard InChI is InChI=1S/C19H19BrN4O/c1-14(16-9-5-6-10-17(16)20)22-19(25)12-11-18-23-21-13-24(18)15-7-3-2-4-8-15/h2-10,13-14H,11-12H2,1H3,(H,22,25). The number of hydrogen-bond donors (Lipinski definition) is 1. The lowest BCUT2D eigenvalue weighted by atomic mass is 10.1. The third-order valence-electron chi connectivity index (χ3n) is 3.98. The number of para-hydroxylation sites is 1. The van der Waals surface area contributed by atoms with Crippen LogP contribution in [0.5, 0.6) is 0 Å². The van der Waals surface area contributed by atoms with Crippen molar-refractivity contribution >= 4 is 21.8 Å². The molecular weight excluding hydrogens is 380 g/mol. The minimum atomic E-state index is -0.0601. The van der Waals surface area contributed by atoms with E-state index >= 15 is 0 Å². The van der Waals surface area contributed by atoms with Crippen molar-refractivity contribution in [1.29, 1.82) is 0 Å². The Balaban J connectivity index is 1.60. The maximum atomic E-state index is 12.3. The molecule has 0 aliphatic carbocycles. The van der Waals surface area contributed by atoms with Gasteiger partial charge in [-0.1, -0.05) is 52.3 Å². The van der Waals surface area contributed by atoms with Crippen molar-refractivity contribution < 1.29 is 4.79 Å². The van der Waals surface area contributed by atoms with Crippen molar-refractivity contribution in [1.82, 2.24) is 20.1 Å². The second-order valence-electron chi connectivity index (χ2n) is 5.76. The number of carbonyl (C=O) groups is 1. The number of halogens is 1. The summed E-state index contributed by atoms with van der Waals surface area (Å²) in [6.45, 7) is 1.98. The smallest absolute Gasteiger partial charge is 0.220 e. The lowest BCUT2D eigenvalue weighted by molar-refractivity contribution is -0.121. The molecule has 3 aromatic rings. The van der Waals surface area contributed by atoms with Crippen molar-refractivity contribution in [3.8, 4) is 5.69 Å². The highest BCUT2D eigenvalue weighted by molar-refractivity contribution is 9.10. The molecule has 1 heterocycles. The summed E-state index contributed by atoms with van der Waals surface area (Å²) < 4.78 is 2.90. The minimum Gasteiger partial charge on any atom is -0.350 e. The largest absolute Gasteiger partial charge is 0.350 e. The van der Waals surface area contributed by atoms with E-state index < -0.39 is 0 Å². The van der Waals surface area contributed by atoms with E-state index in [1.54, 1.807) is 6.33 Å². The zero-order valence-electron chi connectivity index (χ0n) is 13.9. The zero-order chi connectivity index (χ0) is 17.6. The molecule has 0 saturated heterocycles. The molecule has 0 saturated carbocycles. The van der Waals surface area contributed by atoms with E-state index in [1.165, 1.54) is 0 Å². The molecule has 1 atom stereocenters. The third-order valence-corrected chi connectivity index (χ3v) is 4.70. The van der Waals surface area contributed by atoms with Gasteiger partial charge in [-0.3, -0.25) is 9.36 Å². The average Bonchev–Trinajstić information content (AvgIpc) is 3.09. The zero-order valence-corrected chi connectivity index (χ0v) is 15.5. The molecule has 1 amide bonds. The van der Waals surface area contributed by atoms with Crippen molar-refractivity contribution in [2.75, 3.05) is 0 Å². The highest BCUT2D eigenvalue weighted by Crippen LogP contribution is 2.22. The second kappa shape index (κ2) is 8.07. The molecule has 1 N–H and O–H groups in total. The van der Waals surface area contributed by atoms with Crippen LogP contribution in [0.25, 0.3) is 5.69 Å². The van der Waals surface area contributed by atoms with Gasteiger partial charge in [-0.25, -0.2) is 0 Å². The number of aryl methyl sites for hydroxylation is 1. The second-order valence-corrected chi connectivity index (χ2v) is 6.62. The Kier molecular flexibility index (Phi) is 5.60. The minimum absolute atomic E-state index is 0.00846. The fourth-order valence-electron chi connectivity index (χ4n) is 2.68. The van der Waals surface area contributed by atoms with E-state index in [4.69, 9.17) is 0 Å². The van der Waals surface area contributed by atoms with E-state index in [-0.39, 0.29) is 11.9 Å². The molecule has 6 heteroatoms. The molecule has 128 valence electrons. The molecule has 3 rings (SSSR count). The molecule has 25 heavy (non-hydrogen) atoms. The van der Waals surface area contributed by atoms with Crippen molar-refractivity contribution in [3.05, 3.63) is 76.8 Å². The van der Waals surface area contributed by atoms with Crippen LogP contribution in [-0.4, -0.2) is 20.7 Å². The molecule has 0 fully saturated rings. The molecule has 0 aliphatic heterocycles. The monoisotopic (exact) mass is 398 g/mol. The Morgan fingerprint density at radius 3 is 2.64 bits per heavy atom. The van der Waals surface area contributed by atoms with Gasteiger partial charge in [-0.2, -0.15) is 0 Å². The van der Waals surface area contributed by atoms with Gasteiger partial charge in [0.25, 0.3) is 0 Å². The fraction of sp³-hybridized carbons (Fsp3) is 0.211. The Morgan fingerprint density at radius 2 is 1.88 bits per heavy atom. The Labute approximate surface area is 155 Å². The molecule has 0 bridgehead atoms. The van der Waals surface area contributed by atoms with Gasteiger partial charge in [-0.05, 0) is 30.7 Å². The summed E-state index contributed by atoms with van der Waals surface area (Å²) in [6, 6.07) is 17.7. The van der Waals surface area contributed by atoms with Crippen LogP contribution in [0.15, 0.2) is 65.4 Å². The first-order valence-electron chi connectivity index (χ1n) is 8.13. The van der Waals surface area contributed by atoms with Crippen molar-refractivity contribution in [3.63, 3.8) is 0 Å². The van der Waals surface area contributed by atoms with E-state index in [2.05, 4.69) is 31.4 Å². The summed E-state index contributed by atoms with van der Waals surface area (Å²) in [5.41, 5.74) is 2.05.